The lowest BCUT2D eigenvalue weighted by atomic mass is 9.79. The van der Waals surface area contributed by atoms with E-state index in [1.165, 1.54) is 36.8 Å². The molecule has 0 saturated heterocycles. The monoisotopic (exact) mass is 383 g/mol. The Morgan fingerprint density at radius 3 is 1.90 bits per heavy atom. The minimum atomic E-state index is -0.313. The summed E-state index contributed by atoms with van der Waals surface area (Å²) in [6.45, 7) is 4.33. The molecule has 3 aromatic rings. The summed E-state index contributed by atoms with van der Waals surface area (Å²) in [6.07, 6.45) is 4.85. The Balaban J connectivity index is 1.39. The Labute approximate surface area is 173 Å². The first kappa shape index (κ1) is 19.4. The molecule has 147 valence electrons. The van der Waals surface area contributed by atoms with Gasteiger partial charge in [0, 0.05) is 0 Å². The predicted molar refractivity (Wildman–Crippen MR) is 118 cm³/mol. The fourth-order valence-corrected chi connectivity index (χ4v) is 3.96. The number of aryl methyl sites for hydroxylation is 1. The van der Waals surface area contributed by atoms with Gasteiger partial charge in [0.15, 0.2) is 0 Å². The Kier molecular flexibility index (Phi) is 5.80. The average Bonchev–Trinajstić information content (AvgIpc) is 2.76. The van der Waals surface area contributed by atoms with Gasteiger partial charge in [-0.2, -0.15) is 0 Å². The van der Waals surface area contributed by atoms with Crippen LogP contribution in [0.2, 0.25) is 0 Å². The standard InChI is InChI=1S/C27H27O2/c1-19-3-7-21(8-4-19)23-11-13-25(14-12-23)27(28)29-26-17-15-24(16-18-26)22-9-5-20(2)6-10-22/h5-6,9-18,21H,3-4,7-8H2,1-2H3. The lowest BCUT2D eigenvalue weighted by Gasteiger charge is -2.26. The summed E-state index contributed by atoms with van der Waals surface area (Å²) in [6, 6.07) is 24.0. The van der Waals surface area contributed by atoms with Crippen LogP contribution in [0.25, 0.3) is 11.1 Å². The Morgan fingerprint density at radius 2 is 1.31 bits per heavy atom. The van der Waals surface area contributed by atoms with Gasteiger partial charge in [-0.1, -0.05) is 61.0 Å². The van der Waals surface area contributed by atoms with Crippen molar-refractivity contribution in [3.05, 3.63) is 95.4 Å². The fourth-order valence-electron chi connectivity index (χ4n) is 3.96. The normalized spacial score (nSPS) is 15.2. The maximum Gasteiger partial charge on any atom is 0.343 e. The Bertz CT molecular complexity index is 945. The molecule has 0 amide bonds. The van der Waals surface area contributed by atoms with Crippen molar-refractivity contribution in [3.63, 3.8) is 0 Å². The van der Waals surface area contributed by atoms with E-state index in [1.54, 1.807) is 5.92 Å². The van der Waals surface area contributed by atoms with E-state index in [2.05, 4.69) is 50.2 Å². The van der Waals surface area contributed by atoms with E-state index in [-0.39, 0.29) is 5.97 Å². The van der Waals surface area contributed by atoms with Crippen molar-refractivity contribution in [2.75, 3.05) is 0 Å². The summed E-state index contributed by atoms with van der Waals surface area (Å²) < 4.78 is 5.57. The Morgan fingerprint density at radius 1 is 0.759 bits per heavy atom. The smallest absolute Gasteiger partial charge is 0.343 e. The third kappa shape index (κ3) is 4.76. The number of ether oxygens (including phenoxy) is 1. The molecular formula is C27H27O2. The zero-order valence-corrected chi connectivity index (χ0v) is 17.2. The van der Waals surface area contributed by atoms with E-state index in [0.717, 1.165) is 11.1 Å². The molecular weight excluding hydrogens is 356 g/mol. The molecule has 3 aromatic carbocycles. The number of hydrogen-bond acceptors (Lipinski definition) is 2. The zero-order valence-electron chi connectivity index (χ0n) is 17.2. The number of esters is 1. The molecule has 2 heteroatoms. The highest BCUT2D eigenvalue weighted by molar-refractivity contribution is 5.91. The van der Waals surface area contributed by atoms with Crippen molar-refractivity contribution in [2.24, 2.45) is 0 Å². The minimum Gasteiger partial charge on any atom is -0.423 e. The highest BCUT2D eigenvalue weighted by atomic mass is 16.5. The van der Waals surface area contributed by atoms with Gasteiger partial charge in [0.25, 0.3) is 0 Å². The van der Waals surface area contributed by atoms with E-state index in [9.17, 15) is 4.79 Å². The molecule has 4 rings (SSSR count). The predicted octanol–water partition coefficient (Wildman–Crippen LogP) is 7.13. The SMILES string of the molecule is C[C]1CCC(c2ccc(C(=O)Oc3ccc(-c4ccc(C)cc4)cc3)cc2)CC1. The molecule has 0 bridgehead atoms. The van der Waals surface area contributed by atoms with Crippen molar-refractivity contribution in [1.29, 1.82) is 0 Å². The van der Waals surface area contributed by atoms with Crippen LogP contribution in [0.4, 0.5) is 0 Å². The highest BCUT2D eigenvalue weighted by Crippen LogP contribution is 2.36. The van der Waals surface area contributed by atoms with Crippen LogP contribution in [-0.4, -0.2) is 5.97 Å². The van der Waals surface area contributed by atoms with E-state index < -0.39 is 0 Å². The van der Waals surface area contributed by atoms with Crippen LogP contribution in [0.15, 0.2) is 72.8 Å². The van der Waals surface area contributed by atoms with Crippen LogP contribution in [0, 0.1) is 12.8 Å². The Hall–Kier alpha value is -2.87. The van der Waals surface area contributed by atoms with E-state index in [1.807, 2.05) is 36.4 Å². The summed E-state index contributed by atoms with van der Waals surface area (Å²) in [5.41, 5.74) is 5.42. The van der Waals surface area contributed by atoms with Crippen LogP contribution >= 0.6 is 0 Å². The summed E-state index contributed by atoms with van der Waals surface area (Å²) in [5, 5.41) is 0. The maximum atomic E-state index is 12.5. The molecule has 0 heterocycles. The quantitative estimate of drug-likeness (QED) is 0.354. The van der Waals surface area contributed by atoms with Gasteiger partial charge in [0.2, 0.25) is 0 Å². The lowest BCUT2D eigenvalue weighted by molar-refractivity contribution is 0.0734. The topological polar surface area (TPSA) is 26.3 Å². The molecule has 1 fully saturated rings. The van der Waals surface area contributed by atoms with Gasteiger partial charge in [0.1, 0.15) is 5.75 Å². The van der Waals surface area contributed by atoms with Gasteiger partial charge in [-0.05, 0) is 85.4 Å². The van der Waals surface area contributed by atoms with Crippen molar-refractivity contribution >= 4 is 5.97 Å². The van der Waals surface area contributed by atoms with Crippen molar-refractivity contribution < 1.29 is 9.53 Å². The molecule has 0 atom stereocenters. The second kappa shape index (κ2) is 8.65. The molecule has 29 heavy (non-hydrogen) atoms. The largest absolute Gasteiger partial charge is 0.423 e. The highest BCUT2D eigenvalue weighted by Gasteiger charge is 2.20. The molecule has 0 aromatic heterocycles. The van der Waals surface area contributed by atoms with Gasteiger partial charge in [-0.3, -0.25) is 0 Å². The number of hydrogen-bond donors (Lipinski definition) is 0. The molecule has 0 N–H and O–H groups in total. The van der Waals surface area contributed by atoms with Gasteiger partial charge < -0.3 is 4.74 Å². The first-order chi connectivity index (χ1) is 14.1. The van der Waals surface area contributed by atoms with Crippen LogP contribution < -0.4 is 4.74 Å². The molecule has 2 nitrogen and oxygen atoms in total. The van der Waals surface area contributed by atoms with Gasteiger partial charge in [-0.15, -0.1) is 0 Å². The number of benzene rings is 3. The average molecular weight is 384 g/mol. The zero-order chi connectivity index (χ0) is 20.2. The van der Waals surface area contributed by atoms with Crippen LogP contribution in [0.5, 0.6) is 5.75 Å². The third-order valence-electron chi connectivity index (χ3n) is 5.91. The second-order valence-electron chi connectivity index (χ2n) is 8.13. The molecule has 1 saturated carbocycles. The van der Waals surface area contributed by atoms with Crippen LogP contribution in [-0.2, 0) is 0 Å². The number of carbonyl (C=O) groups is 1. The summed E-state index contributed by atoms with van der Waals surface area (Å²) in [5.74, 6) is 2.47. The molecule has 0 aliphatic heterocycles. The van der Waals surface area contributed by atoms with E-state index in [4.69, 9.17) is 4.74 Å². The lowest BCUT2D eigenvalue weighted by Crippen LogP contribution is -2.11. The summed E-state index contributed by atoms with van der Waals surface area (Å²) >= 11 is 0. The van der Waals surface area contributed by atoms with Crippen LogP contribution in [0.3, 0.4) is 0 Å². The van der Waals surface area contributed by atoms with Gasteiger partial charge >= 0.3 is 5.97 Å². The number of carbonyl (C=O) groups excluding carboxylic acids is 1. The molecule has 0 unspecified atom stereocenters. The van der Waals surface area contributed by atoms with Crippen molar-refractivity contribution in [1.82, 2.24) is 0 Å². The molecule has 0 spiro atoms. The fraction of sp³-hybridized carbons (Fsp3) is 0.259. The van der Waals surface area contributed by atoms with Crippen molar-refractivity contribution in [2.45, 2.75) is 45.4 Å². The van der Waals surface area contributed by atoms with Gasteiger partial charge in [-0.25, -0.2) is 4.79 Å². The summed E-state index contributed by atoms with van der Waals surface area (Å²) in [7, 11) is 0. The van der Waals surface area contributed by atoms with Crippen LogP contribution in [0.1, 0.15) is 60.0 Å². The summed E-state index contributed by atoms with van der Waals surface area (Å²) in [4.78, 5) is 12.5. The molecule has 1 aliphatic carbocycles. The van der Waals surface area contributed by atoms with Crippen molar-refractivity contribution in [3.8, 4) is 16.9 Å². The molecule has 1 aliphatic rings. The maximum absolute atomic E-state index is 12.5. The first-order valence-corrected chi connectivity index (χ1v) is 10.4. The third-order valence-corrected chi connectivity index (χ3v) is 5.91. The minimum absolute atomic E-state index is 0.313. The number of rotatable bonds is 4. The molecule has 1 radical (unpaired) electrons. The second-order valence-corrected chi connectivity index (χ2v) is 8.13. The van der Waals surface area contributed by atoms with E-state index >= 15 is 0 Å². The first-order valence-electron chi connectivity index (χ1n) is 10.4. The van der Waals surface area contributed by atoms with E-state index in [0.29, 0.717) is 17.2 Å². The van der Waals surface area contributed by atoms with Gasteiger partial charge in [0.05, 0.1) is 5.56 Å².